The molecule has 7 aromatic rings. The van der Waals surface area contributed by atoms with Gasteiger partial charge in [0.25, 0.3) is 0 Å². The van der Waals surface area contributed by atoms with Crippen molar-refractivity contribution in [3.05, 3.63) is 201 Å². The smallest absolute Gasteiger partial charge is 0.219 e. The van der Waals surface area contributed by atoms with E-state index in [9.17, 15) is 0 Å². The molecule has 0 N–H and O–H groups in total. The first-order chi connectivity index (χ1) is 22.6. The summed E-state index contributed by atoms with van der Waals surface area (Å²) < 4.78 is 8.69. The van der Waals surface area contributed by atoms with E-state index in [0.717, 1.165) is 39.7 Å². The molecule has 0 saturated carbocycles. The van der Waals surface area contributed by atoms with Crippen molar-refractivity contribution in [2.24, 2.45) is 0 Å². The zero-order chi connectivity index (χ0) is 31.3. The summed E-state index contributed by atoms with van der Waals surface area (Å²) in [6.45, 7) is 4.52. The standard InChI is InChI=1S/C44H36NO.CH3/c1-44(2,37-21-13-6-14-22-37)38-23-27-40(28-24-38)46-41-29-25-39(26-30-41)45-42(34-17-9-4-10-18-34)31-36(33-15-7-3-8-16-33)32-43(45)35-19-11-5-12-20-35;/h3-32H,1-2H3;1H3/q+1;-1. The van der Waals surface area contributed by atoms with Gasteiger partial charge in [-0.25, -0.2) is 0 Å². The zero-order valence-electron chi connectivity index (χ0n) is 27.2. The topological polar surface area (TPSA) is 13.1 Å². The summed E-state index contributed by atoms with van der Waals surface area (Å²) in [7, 11) is 0. The van der Waals surface area contributed by atoms with Gasteiger partial charge in [0.1, 0.15) is 11.5 Å². The van der Waals surface area contributed by atoms with Crippen LogP contribution in [0.4, 0.5) is 0 Å². The minimum Gasteiger partial charge on any atom is -0.457 e. The van der Waals surface area contributed by atoms with Crippen LogP contribution in [0.15, 0.2) is 182 Å². The molecule has 2 nitrogen and oxygen atoms in total. The number of pyridine rings is 1. The number of nitrogens with zero attached hydrogens (tertiary/aromatic N) is 1. The summed E-state index contributed by atoms with van der Waals surface area (Å²) in [5, 5.41) is 0. The normalized spacial score (nSPS) is 11.0. The van der Waals surface area contributed by atoms with E-state index >= 15 is 0 Å². The Kier molecular flexibility index (Phi) is 9.13. The Morgan fingerprint density at radius 3 is 1.26 bits per heavy atom. The van der Waals surface area contributed by atoms with Gasteiger partial charge in [-0.15, -0.1) is 0 Å². The monoisotopic (exact) mass is 609 g/mol. The van der Waals surface area contributed by atoms with Crippen LogP contribution in [-0.2, 0) is 5.41 Å². The van der Waals surface area contributed by atoms with E-state index in [2.05, 4.69) is 200 Å². The highest BCUT2D eigenvalue weighted by Crippen LogP contribution is 2.34. The highest BCUT2D eigenvalue weighted by Gasteiger charge is 2.25. The van der Waals surface area contributed by atoms with E-state index in [0.29, 0.717) is 0 Å². The van der Waals surface area contributed by atoms with Gasteiger partial charge < -0.3 is 12.2 Å². The molecule has 0 amide bonds. The number of hydrogen-bond acceptors (Lipinski definition) is 1. The summed E-state index contributed by atoms with van der Waals surface area (Å²) in [6, 6.07) is 63.9. The fourth-order valence-electron chi connectivity index (χ4n) is 6.07. The van der Waals surface area contributed by atoms with E-state index in [4.69, 9.17) is 4.74 Å². The molecule has 0 unspecified atom stereocenters. The maximum absolute atomic E-state index is 6.34. The molecule has 0 fully saturated rings. The molecule has 2 heteroatoms. The molecule has 0 spiro atoms. The van der Waals surface area contributed by atoms with Crippen LogP contribution >= 0.6 is 0 Å². The van der Waals surface area contributed by atoms with Crippen LogP contribution in [0.2, 0.25) is 0 Å². The molecule has 1 heterocycles. The van der Waals surface area contributed by atoms with E-state index in [1.165, 1.54) is 22.3 Å². The molecule has 1 aromatic heterocycles. The van der Waals surface area contributed by atoms with Gasteiger partial charge in [0.15, 0.2) is 0 Å². The minimum absolute atomic E-state index is 0. The SMILES string of the molecule is CC(C)(c1ccccc1)c1ccc(Oc2ccc(-[n+]3c(-c4ccccc4)cc(-c4ccccc4)cc3-c3ccccc3)cc2)cc1.[CH3-]. The van der Waals surface area contributed by atoms with Crippen molar-refractivity contribution in [3.8, 4) is 50.8 Å². The second kappa shape index (κ2) is 13.7. The number of aromatic nitrogens is 1. The Balaban J connectivity index is 0.00000386. The van der Waals surface area contributed by atoms with Gasteiger partial charge in [-0.05, 0) is 70.8 Å². The number of ether oxygens (including phenoxy) is 1. The van der Waals surface area contributed by atoms with Crippen LogP contribution < -0.4 is 9.30 Å². The maximum atomic E-state index is 6.34. The molecule has 0 saturated heterocycles. The lowest BCUT2D eigenvalue weighted by molar-refractivity contribution is -0.572. The lowest BCUT2D eigenvalue weighted by Crippen LogP contribution is -2.36. The van der Waals surface area contributed by atoms with Crippen LogP contribution in [0.25, 0.3) is 39.3 Å². The average Bonchev–Trinajstić information content (AvgIpc) is 3.13. The van der Waals surface area contributed by atoms with Crippen molar-refractivity contribution in [2.75, 3.05) is 0 Å². The van der Waals surface area contributed by atoms with Gasteiger partial charge in [-0.1, -0.05) is 123 Å². The number of hydrogen-bond donors (Lipinski definition) is 0. The minimum atomic E-state index is -0.0956. The molecule has 0 aliphatic heterocycles. The third-order valence-corrected chi connectivity index (χ3v) is 8.71. The van der Waals surface area contributed by atoms with Crippen LogP contribution in [0.3, 0.4) is 0 Å². The maximum Gasteiger partial charge on any atom is 0.219 e. The molecule has 0 aliphatic rings. The Labute approximate surface area is 279 Å². The molecule has 6 aromatic carbocycles. The van der Waals surface area contributed by atoms with Gasteiger partial charge >= 0.3 is 0 Å². The molecule has 0 bridgehead atoms. The molecular weight excluding hydrogens is 571 g/mol. The van der Waals surface area contributed by atoms with Crippen LogP contribution in [0.5, 0.6) is 11.5 Å². The van der Waals surface area contributed by atoms with E-state index < -0.39 is 0 Å². The van der Waals surface area contributed by atoms with Crippen molar-refractivity contribution < 1.29 is 9.30 Å². The first-order valence-electron chi connectivity index (χ1n) is 15.8. The Morgan fingerprint density at radius 1 is 0.404 bits per heavy atom. The van der Waals surface area contributed by atoms with Crippen molar-refractivity contribution in [3.63, 3.8) is 0 Å². The summed E-state index contributed by atoms with van der Waals surface area (Å²) in [5.74, 6) is 1.61. The first kappa shape index (κ1) is 31.3. The van der Waals surface area contributed by atoms with Gasteiger partial charge in [-0.2, -0.15) is 4.57 Å². The summed E-state index contributed by atoms with van der Waals surface area (Å²) in [6.07, 6.45) is 0. The number of benzene rings is 6. The molecule has 0 atom stereocenters. The molecular formula is C45H39NO. The zero-order valence-corrected chi connectivity index (χ0v) is 27.2. The molecule has 230 valence electrons. The van der Waals surface area contributed by atoms with Crippen molar-refractivity contribution in [2.45, 2.75) is 19.3 Å². The summed E-state index contributed by atoms with van der Waals surface area (Å²) in [5.41, 5.74) is 10.4. The predicted molar refractivity (Wildman–Crippen MR) is 196 cm³/mol. The third-order valence-electron chi connectivity index (χ3n) is 8.71. The van der Waals surface area contributed by atoms with Crippen LogP contribution in [-0.4, -0.2) is 0 Å². The molecule has 47 heavy (non-hydrogen) atoms. The van der Waals surface area contributed by atoms with Crippen LogP contribution in [0, 0.1) is 7.43 Å². The fraction of sp³-hybridized carbons (Fsp3) is 0.0667. The van der Waals surface area contributed by atoms with Crippen molar-refractivity contribution in [1.29, 1.82) is 0 Å². The fourth-order valence-corrected chi connectivity index (χ4v) is 6.07. The first-order valence-corrected chi connectivity index (χ1v) is 15.8. The second-order valence-corrected chi connectivity index (χ2v) is 12.1. The van der Waals surface area contributed by atoms with Gasteiger partial charge in [0.05, 0.1) is 0 Å². The Morgan fingerprint density at radius 2 is 0.787 bits per heavy atom. The van der Waals surface area contributed by atoms with E-state index in [1.54, 1.807) is 0 Å². The van der Waals surface area contributed by atoms with E-state index in [-0.39, 0.29) is 12.8 Å². The average molecular weight is 610 g/mol. The van der Waals surface area contributed by atoms with Gasteiger partial charge in [0.2, 0.25) is 17.1 Å². The van der Waals surface area contributed by atoms with Crippen molar-refractivity contribution in [1.82, 2.24) is 0 Å². The summed E-state index contributed by atoms with van der Waals surface area (Å²) >= 11 is 0. The van der Waals surface area contributed by atoms with Crippen molar-refractivity contribution >= 4 is 0 Å². The summed E-state index contributed by atoms with van der Waals surface area (Å²) in [4.78, 5) is 0. The van der Waals surface area contributed by atoms with E-state index in [1.807, 2.05) is 0 Å². The van der Waals surface area contributed by atoms with Crippen LogP contribution in [0.1, 0.15) is 25.0 Å². The highest BCUT2D eigenvalue weighted by molar-refractivity contribution is 5.74. The largest absolute Gasteiger partial charge is 0.457 e. The Bertz CT molecular complexity index is 1970. The Hall–Kier alpha value is -5.73. The number of rotatable bonds is 8. The molecule has 0 aliphatic carbocycles. The third kappa shape index (κ3) is 6.64. The lowest BCUT2D eigenvalue weighted by atomic mass is 9.78. The molecule has 7 rings (SSSR count). The van der Waals surface area contributed by atoms with Gasteiger partial charge in [0, 0.05) is 40.8 Å². The quantitative estimate of drug-likeness (QED) is 0.123. The highest BCUT2D eigenvalue weighted by atomic mass is 16.5. The van der Waals surface area contributed by atoms with Gasteiger partial charge in [-0.3, -0.25) is 0 Å². The second-order valence-electron chi connectivity index (χ2n) is 12.1. The molecule has 0 radical (unpaired) electrons. The predicted octanol–water partition coefficient (Wildman–Crippen LogP) is 11.5. The lowest BCUT2D eigenvalue weighted by Gasteiger charge is -2.26.